The standard InChI is InChI=1S/C18H22F2N4O3S2/c19-14-4-1-5-15(20)17(14)29(26,27)23-7-6-16(25)22-11-13-3-2-9-24(12-13)18-21-8-10-28-18/h1,4-5,8,10,13,23H,2-3,6-7,9,11-12H2,(H,22,25). The number of sulfonamides is 1. The Bertz CT molecular complexity index is 918. The van der Waals surface area contributed by atoms with Gasteiger partial charge in [-0.2, -0.15) is 0 Å². The summed E-state index contributed by atoms with van der Waals surface area (Å²) in [4.78, 5) is 17.5. The number of rotatable bonds is 8. The van der Waals surface area contributed by atoms with Crippen molar-refractivity contribution < 1.29 is 22.0 Å². The molecule has 1 fully saturated rings. The third kappa shape index (κ3) is 5.71. The molecule has 0 radical (unpaired) electrons. The summed E-state index contributed by atoms with van der Waals surface area (Å²) in [6.07, 6.45) is 3.63. The van der Waals surface area contributed by atoms with Crippen molar-refractivity contribution in [3.63, 3.8) is 0 Å². The number of nitrogens with zero attached hydrogens (tertiary/aromatic N) is 2. The van der Waals surface area contributed by atoms with Crippen molar-refractivity contribution in [1.82, 2.24) is 15.0 Å². The maximum absolute atomic E-state index is 13.6. The van der Waals surface area contributed by atoms with Crippen LogP contribution < -0.4 is 14.9 Å². The summed E-state index contributed by atoms with van der Waals surface area (Å²) in [6, 6.07) is 2.81. The SMILES string of the molecule is O=C(CCNS(=O)(=O)c1c(F)cccc1F)NCC1CCCN(c2nccs2)C1. The van der Waals surface area contributed by atoms with Gasteiger partial charge in [0.15, 0.2) is 10.0 Å². The Kier molecular flexibility index (Phi) is 7.14. The largest absolute Gasteiger partial charge is 0.356 e. The van der Waals surface area contributed by atoms with Crippen LogP contribution in [0.1, 0.15) is 19.3 Å². The Morgan fingerprint density at radius 3 is 2.76 bits per heavy atom. The van der Waals surface area contributed by atoms with Gasteiger partial charge in [0.2, 0.25) is 15.9 Å². The lowest BCUT2D eigenvalue weighted by atomic mass is 9.98. The van der Waals surface area contributed by atoms with Gasteiger partial charge in [0.25, 0.3) is 0 Å². The maximum atomic E-state index is 13.6. The van der Waals surface area contributed by atoms with Crippen LogP contribution in [-0.2, 0) is 14.8 Å². The summed E-state index contributed by atoms with van der Waals surface area (Å²) >= 11 is 1.58. The predicted molar refractivity (Wildman–Crippen MR) is 106 cm³/mol. The molecule has 29 heavy (non-hydrogen) atoms. The summed E-state index contributed by atoms with van der Waals surface area (Å²) < 4.78 is 53.5. The molecule has 7 nitrogen and oxygen atoms in total. The van der Waals surface area contributed by atoms with E-state index in [2.05, 4.69) is 19.9 Å². The van der Waals surface area contributed by atoms with Gasteiger partial charge in [0.05, 0.1) is 0 Å². The molecule has 2 N–H and O–H groups in total. The lowest BCUT2D eigenvalue weighted by Gasteiger charge is -2.32. The molecule has 0 bridgehead atoms. The first-order chi connectivity index (χ1) is 13.9. The third-order valence-electron chi connectivity index (χ3n) is 4.63. The average Bonchev–Trinajstić information content (AvgIpc) is 3.21. The molecule has 1 saturated heterocycles. The fourth-order valence-electron chi connectivity index (χ4n) is 3.23. The fraction of sp³-hybridized carbons (Fsp3) is 0.444. The molecule has 1 aliphatic heterocycles. The first-order valence-electron chi connectivity index (χ1n) is 9.21. The number of benzene rings is 1. The molecular formula is C18H22F2N4O3S2. The van der Waals surface area contributed by atoms with E-state index in [1.807, 2.05) is 5.38 Å². The Hall–Kier alpha value is -2.11. The molecule has 3 rings (SSSR count). The van der Waals surface area contributed by atoms with Crippen molar-refractivity contribution in [1.29, 1.82) is 0 Å². The molecule has 1 atom stereocenters. The van der Waals surface area contributed by atoms with Crippen molar-refractivity contribution in [3.05, 3.63) is 41.4 Å². The van der Waals surface area contributed by atoms with Crippen LogP contribution in [0.3, 0.4) is 0 Å². The van der Waals surface area contributed by atoms with Crippen molar-refractivity contribution >= 4 is 32.4 Å². The number of thiazole rings is 1. The molecule has 1 unspecified atom stereocenters. The quantitative estimate of drug-likeness (QED) is 0.651. The monoisotopic (exact) mass is 444 g/mol. The van der Waals surface area contributed by atoms with E-state index in [0.717, 1.165) is 49.3 Å². The molecule has 2 aromatic rings. The summed E-state index contributed by atoms with van der Waals surface area (Å²) in [5.74, 6) is -2.40. The fourth-order valence-corrected chi connectivity index (χ4v) is 5.08. The van der Waals surface area contributed by atoms with Crippen molar-refractivity contribution in [2.75, 3.05) is 31.1 Å². The van der Waals surface area contributed by atoms with E-state index >= 15 is 0 Å². The summed E-state index contributed by atoms with van der Waals surface area (Å²) in [7, 11) is -4.38. The number of hydrogen-bond donors (Lipinski definition) is 2. The third-order valence-corrected chi connectivity index (χ3v) is 6.97. The highest BCUT2D eigenvalue weighted by molar-refractivity contribution is 7.89. The van der Waals surface area contributed by atoms with Crippen molar-refractivity contribution in [2.45, 2.75) is 24.2 Å². The van der Waals surface area contributed by atoms with Gasteiger partial charge in [-0.3, -0.25) is 4.79 Å². The molecule has 1 aliphatic rings. The Morgan fingerprint density at radius 1 is 1.31 bits per heavy atom. The van der Waals surface area contributed by atoms with Crippen LogP contribution in [-0.4, -0.2) is 45.5 Å². The van der Waals surface area contributed by atoms with E-state index < -0.39 is 26.6 Å². The highest BCUT2D eigenvalue weighted by atomic mass is 32.2. The second-order valence-electron chi connectivity index (χ2n) is 6.77. The van der Waals surface area contributed by atoms with E-state index in [9.17, 15) is 22.0 Å². The van der Waals surface area contributed by atoms with Gasteiger partial charge in [0.1, 0.15) is 11.6 Å². The Balaban J connectivity index is 1.43. The van der Waals surface area contributed by atoms with Gasteiger partial charge in [-0.15, -0.1) is 11.3 Å². The van der Waals surface area contributed by atoms with Gasteiger partial charge in [-0.05, 0) is 30.9 Å². The highest BCUT2D eigenvalue weighted by Gasteiger charge is 2.24. The number of piperidine rings is 1. The maximum Gasteiger partial charge on any atom is 0.246 e. The van der Waals surface area contributed by atoms with Crippen LogP contribution in [0.4, 0.5) is 13.9 Å². The van der Waals surface area contributed by atoms with E-state index in [1.165, 1.54) is 0 Å². The second-order valence-corrected chi connectivity index (χ2v) is 9.35. The minimum atomic E-state index is -4.38. The molecule has 1 aromatic carbocycles. The van der Waals surface area contributed by atoms with Crippen molar-refractivity contribution in [2.24, 2.45) is 5.92 Å². The van der Waals surface area contributed by atoms with Gasteiger partial charge in [-0.25, -0.2) is 26.9 Å². The van der Waals surface area contributed by atoms with Crippen LogP contribution in [0.2, 0.25) is 0 Å². The van der Waals surface area contributed by atoms with Gasteiger partial charge >= 0.3 is 0 Å². The number of carbonyl (C=O) groups is 1. The first-order valence-corrected chi connectivity index (χ1v) is 11.6. The molecule has 158 valence electrons. The molecule has 11 heteroatoms. The van der Waals surface area contributed by atoms with Gasteiger partial charge < -0.3 is 10.2 Å². The highest BCUT2D eigenvalue weighted by Crippen LogP contribution is 2.24. The van der Waals surface area contributed by atoms with Crippen LogP contribution in [0.15, 0.2) is 34.7 Å². The van der Waals surface area contributed by atoms with Gasteiger partial charge in [0, 0.05) is 44.2 Å². The topological polar surface area (TPSA) is 91.4 Å². The summed E-state index contributed by atoms with van der Waals surface area (Å²) in [5, 5.41) is 5.70. The van der Waals surface area contributed by atoms with E-state index in [-0.39, 0.29) is 24.8 Å². The van der Waals surface area contributed by atoms with Gasteiger partial charge in [-0.1, -0.05) is 6.07 Å². The number of aromatic nitrogens is 1. The first kappa shape index (κ1) is 21.6. The summed E-state index contributed by atoms with van der Waals surface area (Å²) in [5.41, 5.74) is 0. The normalized spacial score (nSPS) is 17.3. The minimum absolute atomic E-state index is 0.127. The Morgan fingerprint density at radius 2 is 2.07 bits per heavy atom. The lowest BCUT2D eigenvalue weighted by molar-refractivity contribution is -0.121. The minimum Gasteiger partial charge on any atom is -0.356 e. The number of carbonyl (C=O) groups excluding carboxylic acids is 1. The number of halogens is 2. The van der Waals surface area contributed by atoms with E-state index in [4.69, 9.17) is 0 Å². The predicted octanol–water partition coefficient (Wildman–Crippen LogP) is 2.12. The van der Waals surface area contributed by atoms with Crippen LogP contribution >= 0.6 is 11.3 Å². The molecular weight excluding hydrogens is 422 g/mol. The second kappa shape index (κ2) is 9.59. The van der Waals surface area contributed by atoms with Crippen LogP contribution in [0.5, 0.6) is 0 Å². The number of hydrogen-bond acceptors (Lipinski definition) is 6. The molecule has 2 heterocycles. The zero-order valence-corrected chi connectivity index (χ0v) is 17.2. The average molecular weight is 445 g/mol. The van der Waals surface area contributed by atoms with Crippen molar-refractivity contribution in [3.8, 4) is 0 Å². The summed E-state index contributed by atoms with van der Waals surface area (Å²) in [6.45, 7) is 1.96. The molecule has 1 amide bonds. The smallest absolute Gasteiger partial charge is 0.246 e. The lowest BCUT2D eigenvalue weighted by Crippen LogP contribution is -2.41. The zero-order valence-electron chi connectivity index (χ0n) is 15.6. The number of nitrogens with one attached hydrogen (secondary N) is 2. The molecule has 0 spiro atoms. The number of anilines is 1. The zero-order chi connectivity index (χ0) is 20.9. The molecule has 1 aromatic heterocycles. The molecule has 0 aliphatic carbocycles. The van der Waals surface area contributed by atoms with E-state index in [0.29, 0.717) is 6.54 Å². The number of amides is 1. The van der Waals surface area contributed by atoms with Crippen LogP contribution in [0.25, 0.3) is 0 Å². The molecule has 0 saturated carbocycles. The van der Waals surface area contributed by atoms with E-state index in [1.54, 1.807) is 17.5 Å². The Labute approximate surface area is 172 Å². The van der Waals surface area contributed by atoms with Crippen LogP contribution in [0, 0.1) is 17.6 Å².